The van der Waals surface area contributed by atoms with Crippen LogP contribution in [0, 0.1) is 0 Å². The second-order valence-corrected chi connectivity index (χ2v) is 9.33. The Labute approximate surface area is 213 Å². The number of aromatic nitrogens is 2. The zero-order valence-electron chi connectivity index (χ0n) is 19.3. The number of piperazine rings is 1. The highest BCUT2D eigenvalue weighted by Gasteiger charge is 2.31. The molecule has 0 saturated carbocycles. The van der Waals surface area contributed by atoms with Crippen molar-refractivity contribution in [3.8, 4) is 5.75 Å². The maximum absolute atomic E-state index is 13.2. The molecule has 0 atom stereocenters. The van der Waals surface area contributed by atoms with Crippen molar-refractivity contribution in [2.75, 3.05) is 44.7 Å². The van der Waals surface area contributed by atoms with E-state index in [0.29, 0.717) is 67.1 Å². The van der Waals surface area contributed by atoms with Gasteiger partial charge in [0.2, 0.25) is 0 Å². The lowest BCUT2D eigenvalue weighted by atomic mass is 10.1. The second kappa shape index (κ2) is 9.79. The topological polar surface area (TPSA) is 70.9 Å². The molecule has 1 fully saturated rings. The number of ether oxygens (including phenoxy) is 1. The molecule has 2 aliphatic rings. The van der Waals surface area contributed by atoms with Crippen LogP contribution in [-0.2, 0) is 13.1 Å². The van der Waals surface area contributed by atoms with Crippen LogP contribution >= 0.6 is 23.2 Å². The summed E-state index contributed by atoms with van der Waals surface area (Å²) in [5, 5.41) is 5.49. The van der Waals surface area contributed by atoms with Gasteiger partial charge in [-0.15, -0.1) is 0 Å². The molecule has 0 radical (unpaired) electrons. The van der Waals surface area contributed by atoms with Crippen molar-refractivity contribution < 1.29 is 14.3 Å². The molecule has 182 valence electrons. The summed E-state index contributed by atoms with van der Waals surface area (Å²) >= 11 is 12.6. The van der Waals surface area contributed by atoms with E-state index in [0.717, 1.165) is 11.4 Å². The fourth-order valence-electron chi connectivity index (χ4n) is 4.57. The minimum absolute atomic E-state index is 0.167. The molecule has 8 nitrogen and oxygen atoms in total. The molecule has 0 aliphatic carbocycles. The first kappa shape index (κ1) is 23.5. The summed E-state index contributed by atoms with van der Waals surface area (Å²) < 4.78 is 7.09. The first-order chi connectivity index (χ1) is 17.0. The van der Waals surface area contributed by atoms with Crippen molar-refractivity contribution in [1.82, 2.24) is 19.6 Å². The molecule has 0 bridgehead atoms. The number of halogens is 2. The molecule has 1 aromatic heterocycles. The minimum Gasteiger partial charge on any atom is -0.495 e. The van der Waals surface area contributed by atoms with E-state index in [4.69, 9.17) is 27.9 Å². The Bertz CT molecular complexity index is 1250. The van der Waals surface area contributed by atoms with Gasteiger partial charge in [0.15, 0.2) is 5.69 Å². The molecule has 0 N–H and O–H groups in total. The lowest BCUT2D eigenvalue weighted by molar-refractivity contribution is 0.0680. The Morgan fingerprint density at radius 3 is 2.40 bits per heavy atom. The summed E-state index contributed by atoms with van der Waals surface area (Å²) in [5.41, 5.74) is 2.41. The van der Waals surface area contributed by atoms with E-state index in [-0.39, 0.29) is 17.5 Å². The van der Waals surface area contributed by atoms with Crippen molar-refractivity contribution >= 4 is 40.7 Å². The van der Waals surface area contributed by atoms with Crippen LogP contribution in [0.4, 0.5) is 5.69 Å². The number of nitrogens with zero attached hydrogens (tertiary/aromatic N) is 5. The van der Waals surface area contributed by atoms with E-state index in [2.05, 4.69) is 10.00 Å². The number of benzene rings is 2. The lowest BCUT2D eigenvalue weighted by Crippen LogP contribution is -2.49. The number of anilines is 1. The normalized spacial score (nSPS) is 15.9. The number of methoxy groups -OCH3 is 1. The Morgan fingerprint density at radius 2 is 1.69 bits per heavy atom. The molecule has 3 heterocycles. The molecule has 5 rings (SSSR count). The van der Waals surface area contributed by atoms with E-state index < -0.39 is 0 Å². The third kappa shape index (κ3) is 4.56. The molecule has 1 saturated heterocycles. The van der Waals surface area contributed by atoms with Crippen LogP contribution < -0.4 is 9.64 Å². The minimum atomic E-state index is -0.195. The Kier molecular flexibility index (Phi) is 6.58. The number of hydrogen-bond acceptors (Lipinski definition) is 5. The van der Waals surface area contributed by atoms with Crippen LogP contribution in [0.1, 0.15) is 26.5 Å². The maximum Gasteiger partial charge on any atom is 0.274 e. The predicted octanol–water partition coefficient (Wildman–Crippen LogP) is 3.82. The highest BCUT2D eigenvalue weighted by atomic mass is 35.5. The molecule has 3 aromatic rings. The zero-order valence-corrected chi connectivity index (χ0v) is 20.8. The largest absolute Gasteiger partial charge is 0.495 e. The van der Waals surface area contributed by atoms with Gasteiger partial charge in [-0.25, -0.2) is 0 Å². The van der Waals surface area contributed by atoms with Crippen molar-refractivity contribution in [2.24, 2.45) is 0 Å². The van der Waals surface area contributed by atoms with Crippen LogP contribution in [0.2, 0.25) is 10.0 Å². The Hall–Kier alpha value is -3.23. The van der Waals surface area contributed by atoms with Gasteiger partial charge in [-0.2, -0.15) is 5.10 Å². The summed E-state index contributed by atoms with van der Waals surface area (Å²) in [4.78, 5) is 32.0. The van der Waals surface area contributed by atoms with Gasteiger partial charge < -0.3 is 19.4 Å². The number of rotatable bonds is 5. The standard InChI is InChI=1S/C25H25Cl2N5O3/c1-35-23-8-3-2-7-21(23)29-9-11-30(12-10-29)24(33)20-15-22-25(34)31(13-14-32(22)28-20)16-17-18(26)5-4-6-19(17)27/h2-8,15H,9-14,16H2,1H3. The fraction of sp³-hybridized carbons (Fsp3) is 0.320. The average molecular weight is 514 g/mol. The number of carbonyl (C=O) groups is 2. The number of fused-ring (bicyclic) bond motifs is 1. The van der Waals surface area contributed by atoms with Crippen LogP contribution in [0.5, 0.6) is 5.75 Å². The summed E-state index contributed by atoms with van der Waals surface area (Å²) in [6, 6.07) is 14.7. The van der Waals surface area contributed by atoms with Gasteiger partial charge in [-0.05, 0) is 24.3 Å². The molecule has 0 unspecified atom stereocenters. The summed E-state index contributed by atoms with van der Waals surface area (Å²) in [6.45, 7) is 3.75. The fourth-order valence-corrected chi connectivity index (χ4v) is 5.09. The molecule has 10 heteroatoms. The highest BCUT2D eigenvalue weighted by Crippen LogP contribution is 2.29. The first-order valence-corrected chi connectivity index (χ1v) is 12.2. The third-order valence-electron chi connectivity index (χ3n) is 6.49. The summed E-state index contributed by atoms with van der Waals surface area (Å²) in [5.74, 6) is 0.454. The summed E-state index contributed by atoms with van der Waals surface area (Å²) in [7, 11) is 1.66. The quantitative estimate of drug-likeness (QED) is 0.518. The molecule has 2 amide bonds. The van der Waals surface area contributed by atoms with E-state index in [1.54, 1.807) is 45.9 Å². The molecule has 0 spiro atoms. The highest BCUT2D eigenvalue weighted by molar-refractivity contribution is 6.36. The van der Waals surface area contributed by atoms with E-state index in [9.17, 15) is 9.59 Å². The number of hydrogen-bond donors (Lipinski definition) is 0. The summed E-state index contributed by atoms with van der Waals surface area (Å²) in [6.07, 6.45) is 0. The van der Waals surface area contributed by atoms with E-state index in [1.165, 1.54) is 0 Å². The number of carbonyl (C=O) groups excluding carboxylic acids is 2. The van der Waals surface area contributed by atoms with Gasteiger partial charge in [-0.1, -0.05) is 41.4 Å². The van der Waals surface area contributed by atoms with Crippen LogP contribution in [0.3, 0.4) is 0 Å². The molecule has 2 aromatic carbocycles. The van der Waals surface area contributed by atoms with Crippen molar-refractivity contribution in [2.45, 2.75) is 13.1 Å². The van der Waals surface area contributed by atoms with Gasteiger partial charge >= 0.3 is 0 Å². The first-order valence-electron chi connectivity index (χ1n) is 11.4. The predicted molar refractivity (Wildman–Crippen MR) is 135 cm³/mol. The van der Waals surface area contributed by atoms with Gasteiger partial charge in [0, 0.05) is 60.9 Å². The molecular formula is C25H25Cl2N5O3. The van der Waals surface area contributed by atoms with Crippen LogP contribution in [0.15, 0.2) is 48.5 Å². The Balaban J connectivity index is 1.26. The average Bonchev–Trinajstić information content (AvgIpc) is 3.32. The molecular weight excluding hydrogens is 489 g/mol. The van der Waals surface area contributed by atoms with Gasteiger partial charge in [0.05, 0.1) is 19.3 Å². The second-order valence-electron chi connectivity index (χ2n) is 8.52. The van der Waals surface area contributed by atoms with Gasteiger partial charge in [-0.3, -0.25) is 14.3 Å². The molecule has 2 aliphatic heterocycles. The van der Waals surface area contributed by atoms with E-state index in [1.807, 2.05) is 24.3 Å². The Morgan fingerprint density at radius 1 is 0.971 bits per heavy atom. The molecule has 35 heavy (non-hydrogen) atoms. The van der Waals surface area contributed by atoms with Crippen LogP contribution in [0.25, 0.3) is 0 Å². The van der Waals surface area contributed by atoms with Crippen molar-refractivity contribution in [3.05, 3.63) is 75.5 Å². The monoisotopic (exact) mass is 513 g/mol. The van der Waals surface area contributed by atoms with E-state index >= 15 is 0 Å². The van der Waals surface area contributed by atoms with Crippen LogP contribution in [-0.4, -0.2) is 71.2 Å². The third-order valence-corrected chi connectivity index (χ3v) is 7.20. The number of para-hydroxylation sites is 2. The smallest absolute Gasteiger partial charge is 0.274 e. The van der Waals surface area contributed by atoms with Crippen molar-refractivity contribution in [3.63, 3.8) is 0 Å². The number of amides is 2. The zero-order chi connectivity index (χ0) is 24.5. The van der Waals surface area contributed by atoms with Gasteiger partial charge in [0.25, 0.3) is 11.8 Å². The lowest BCUT2D eigenvalue weighted by Gasteiger charge is -2.36. The van der Waals surface area contributed by atoms with Crippen molar-refractivity contribution in [1.29, 1.82) is 0 Å². The maximum atomic E-state index is 13.2. The SMILES string of the molecule is COc1ccccc1N1CCN(C(=O)c2cc3n(n2)CCN(Cc2c(Cl)cccc2Cl)C3=O)CC1. The van der Waals surface area contributed by atoms with Gasteiger partial charge in [0.1, 0.15) is 11.4 Å².